The van der Waals surface area contributed by atoms with Crippen molar-refractivity contribution in [3.63, 3.8) is 0 Å². The Morgan fingerprint density at radius 2 is 2.00 bits per heavy atom. The second-order valence-electron chi connectivity index (χ2n) is 5.92. The molecule has 0 radical (unpaired) electrons. The van der Waals surface area contributed by atoms with Gasteiger partial charge in [0.2, 0.25) is 0 Å². The first-order valence-corrected chi connectivity index (χ1v) is 8.04. The predicted octanol–water partition coefficient (Wildman–Crippen LogP) is 2.79. The Labute approximate surface area is 138 Å². The molecule has 0 saturated carbocycles. The largest absolute Gasteiger partial charge is 0.484 e. The molecule has 1 aliphatic heterocycles. The van der Waals surface area contributed by atoms with Crippen molar-refractivity contribution in [2.75, 3.05) is 19.7 Å². The van der Waals surface area contributed by atoms with E-state index in [-0.39, 0.29) is 25.0 Å². The Morgan fingerprint density at radius 3 is 2.50 bits per heavy atom. The van der Waals surface area contributed by atoms with E-state index in [0.717, 1.165) is 4.47 Å². The van der Waals surface area contributed by atoms with Crippen LogP contribution in [0.2, 0.25) is 0 Å². The number of carboxylic acids is 1. The summed E-state index contributed by atoms with van der Waals surface area (Å²) in [6, 6.07) is 7.22. The van der Waals surface area contributed by atoms with Crippen LogP contribution in [0.4, 0.5) is 0 Å². The predicted molar refractivity (Wildman–Crippen MR) is 85.7 cm³/mol. The van der Waals surface area contributed by atoms with Gasteiger partial charge in [-0.25, -0.2) is 0 Å². The SMILES string of the molecule is CC(C)C1(C(=O)O)CCN(C(=O)COc2ccc(Br)cc2)C1. The number of aliphatic carboxylic acids is 1. The van der Waals surface area contributed by atoms with E-state index in [1.54, 1.807) is 17.0 Å². The number of amides is 1. The highest BCUT2D eigenvalue weighted by Gasteiger charge is 2.48. The third-order valence-corrected chi connectivity index (χ3v) is 4.89. The van der Waals surface area contributed by atoms with Crippen LogP contribution in [-0.2, 0) is 9.59 Å². The second-order valence-corrected chi connectivity index (χ2v) is 6.84. The smallest absolute Gasteiger partial charge is 0.311 e. The number of nitrogens with zero attached hydrogens (tertiary/aromatic N) is 1. The molecule has 1 unspecified atom stereocenters. The highest BCUT2D eigenvalue weighted by atomic mass is 79.9. The number of rotatable bonds is 5. The van der Waals surface area contributed by atoms with Gasteiger partial charge >= 0.3 is 5.97 Å². The molecule has 2 rings (SSSR count). The van der Waals surface area contributed by atoms with E-state index in [4.69, 9.17) is 4.74 Å². The summed E-state index contributed by atoms with van der Waals surface area (Å²) in [5.74, 6) is -0.405. The lowest BCUT2D eigenvalue weighted by atomic mass is 9.76. The van der Waals surface area contributed by atoms with E-state index < -0.39 is 11.4 Å². The molecule has 22 heavy (non-hydrogen) atoms. The third kappa shape index (κ3) is 3.43. The quantitative estimate of drug-likeness (QED) is 0.866. The maximum atomic E-state index is 12.2. The molecule has 1 saturated heterocycles. The van der Waals surface area contributed by atoms with Crippen molar-refractivity contribution in [2.24, 2.45) is 11.3 Å². The van der Waals surface area contributed by atoms with Crippen LogP contribution < -0.4 is 4.74 Å². The molecule has 1 aliphatic rings. The fraction of sp³-hybridized carbons (Fsp3) is 0.500. The molecule has 1 heterocycles. The van der Waals surface area contributed by atoms with Gasteiger partial charge in [-0.3, -0.25) is 9.59 Å². The number of likely N-dealkylation sites (tertiary alicyclic amines) is 1. The molecule has 6 heteroatoms. The zero-order valence-electron chi connectivity index (χ0n) is 12.7. The molecule has 1 amide bonds. The zero-order chi connectivity index (χ0) is 16.3. The molecule has 0 aromatic heterocycles. The van der Waals surface area contributed by atoms with Crippen LogP contribution in [0.1, 0.15) is 20.3 Å². The van der Waals surface area contributed by atoms with Crippen molar-refractivity contribution in [2.45, 2.75) is 20.3 Å². The number of halogens is 1. The second kappa shape index (κ2) is 6.69. The van der Waals surface area contributed by atoms with E-state index >= 15 is 0 Å². The van der Waals surface area contributed by atoms with Gasteiger partial charge in [-0.1, -0.05) is 29.8 Å². The highest BCUT2D eigenvalue weighted by Crippen LogP contribution is 2.38. The van der Waals surface area contributed by atoms with Gasteiger partial charge in [0.15, 0.2) is 6.61 Å². The minimum atomic E-state index is -0.840. The van der Waals surface area contributed by atoms with E-state index in [1.807, 2.05) is 26.0 Å². The fourth-order valence-corrected chi connectivity index (χ4v) is 2.97. The Morgan fingerprint density at radius 1 is 1.36 bits per heavy atom. The van der Waals surface area contributed by atoms with Gasteiger partial charge in [0.1, 0.15) is 5.75 Å². The minimum absolute atomic E-state index is 0.0183. The summed E-state index contributed by atoms with van der Waals surface area (Å²) in [5, 5.41) is 9.49. The molecule has 5 nitrogen and oxygen atoms in total. The molecule has 1 N–H and O–H groups in total. The summed E-state index contributed by atoms with van der Waals surface area (Å²) in [7, 11) is 0. The average molecular weight is 370 g/mol. The maximum absolute atomic E-state index is 12.2. The Balaban J connectivity index is 1.94. The maximum Gasteiger partial charge on any atom is 0.311 e. The van der Waals surface area contributed by atoms with Gasteiger partial charge in [-0.2, -0.15) is 0 Å². The molecular formula is C16H20BrNO4. The van der Waals surface area contributed by atoms with Crippen LogP contribution in [0.3, 0.4) is 0 Å². The number of hydrogen-bond donors (Lipinski definition) is 1. The number of carboxylic acid groups (broad SMARTS) is 1. The monoisotopic (exact) mass is 369 g/mol. The van der Waals surface area contributed by atoms with Crippen LogP contribution in [0, 0.1) is 11.3 Å². The molecule has 0 spiro atoms. The van der Waals surface area contributed by atoms with Crippen molar-refractivity contribution in [1.29, 1.82) is 0 Å². The lowest BCUT2D eigenvalue weighted by Gasteiger charge is -2.28. The standard InChI is InChI=1S/C16H20BrNO4/c1-11(2)16(15(20)21)7-8-18(10-16)14(19)9-22-13-5-3-12(17)4-6-13/h3-6,11H,7-10H2,1-2H3,(H,20,21). The number of carbonyl (C=O) groups is 2. The van der Waals surface area contributed by atoms with Crippen molar-refractivity contribution in [3.05, 3.63) is 28.7 Å². The molecule has 0 aliphatic carbocycles. The van der Waals surface area contributed by atoms with E-state index in [2.05, 4.69) is 15.9 Å². The molecule has 0 bridgehead atoms. The first-order chi connectivity index (χ1) is 10.3. The van der Waals surface area contributed by atoms with Gasteiger partial charge in [0.05, 0.1) is 5.41 Å². The normalized spacial score (nSPS) is 21.2. The lowest BCUT2D eigenvalue weighted by molar-refractivity contribution is -0.151. The fourth-order valence-electron chi connectivity index (χ4n) is 2.71. The number of ether oxygens (including phenoxy) is 1. The number of hydrogen-bond acceptors (Lipinski definition) is 3. The molecule has 1 aromatic carbocycles. The molecular weight excluding hydrogens is 350 g/mol. The molecule has 120 valence electrons. The van der Waals surface area contributed by atoms with Gasteiger partial charge in [0.25, 0.3) is 5.91 Å². The van der Waals surface area contributed by atoms with Crippen molar-refractivity contribution in [3.8, 4) is 5.75 Å². The molecule has 1 aromatic rings. The van der Waals surface area contributed by atoms with Crippen molar-refractivity contribution < 1.29 is 19.4 Å². The van der Waals surface area contributed by atoms with Crippen LogP contribution >= 0.6 is 15.9 Å². The van der Waals surface area contributed by atoms with E-state index in [1.165, 1.54) is 0 Å². The molecule has 1 fully saturated rings. The van der Waals surface area contributed by atoms with Crippen molar-refractivity contribution >= 4 is 27.8 Å². The number of carbonyl (C=O) groups excluding carboxylic acids is 1. The van der Waals surface area contributed by atoms with Crippen LogP contribution in [-0.4, -0.2) is 41.6 Å². The summed E-state index contributed by atoms with van der Waals surface area (Å²) in [4.78, 5) is 25.4. The summed E-state index contributed by atoms with van der Waals surface area (Å²) in [6.07, 6.45) is 0.490. The van der Waals surface area contributed by atoms with Gasteiger partial charge in [-0.05, 0) is 36.6 Å². The van der Waals surface area contributed by atoms with Crippen LogP contribution in [0.5, 0.6) is 5.75 Å². The van der Waals surface area contributed by atoms with E-state index in [9.17, 15) is 14.7 Å². The number of benzene rings is 1. The van der Waals surface area contributed by atoms with Gasteiger partial charge in [-0.15, -0.1) is 0 Å². The third-order valence-electron chi connectivity index (χ3n) is 4.36. The first-order valence-electron chi connectivity index (χ1n) is 7.25. The topological polar surface area (TPSA) is 66.8 Å². The molecule has 1 atom stereocenters. The van der Waals surface area contributed by atoms with Gasteiger partial charge < -0.3 is 14.7 Å². The average Bonchev–Trinajstić information content (AvgIpc) is 2.93. The van der Waals surface area contributed by atoms with E-state index in [0.29, 0.717) is 18.7 Å². The Kier molecular flexibility index (Phi) is 5.11. The summed E-state index contributed by atoms with van der Waals surface area (Å²) in [6.45, 7) is 4.42. The lowest BCUT2D eigenvalue weighted by Crippen LogP contribution is -2.41. The van der Waals surface area contributed by atoms with Gasteiger partial charge in [0, 0.05) is 17.6 Å². The zero-order valence-corrected chi connectivity index (χ0v) is 14.3. The minimum Gasteiger partial charge on any atom is -0.484 e. The first kappa shape index (κ1) is 16.8. The highest BCUT2D eigenvalue weighted by molar-refractivity contribution is 9.10. The van der Waals surface area contributed by atoms with Crippen molar-refractivity contribution in [1.82, 2.24) is 4.90 Å². The van der Waals surface area contributed by atoms with Crippen LogP contribution in [0.15, 0.2) is 28.7 Å². The summed E-state index contributed by atoms with van der Waals surface area (Å²) < 4.78 is 6.40. The summed E-state index contributed by atoms with van der Waals surface area (Å²) >= 11 is 3.33. The van der Waals surface area contributed by atoms with Crippen LogP contribution in [0.25, 0.3) is 0 Å². The Bertz CT molecular complexity index is 558. The Hall–Kier alpha value is -1.56. The summed E-state index contributed by atoms with van der Waals surface area (Å²) in [5.41, 5.74) is -0.840.